The van der Waals surface area contributed by atoms with E-state index in [1.807, 2.05) is 42.5 Å². The lowest BCUT2D eigenvalue weighted by Gasteiger charge is -2.30. The molecule has 4 rings (SSSR count). The number of hydrogen-bond donors (Lipinski definition) is 2. The number of ether oxygens (including phenoxy) is 1. The molecule has 2 N–H and O–H groups in total. The van der Waals surface area contributed by atoms with E-state index in [2.05, 4.69) is 58.9 Å². The number of benzene rings is 3. The maximum absolute atomic E-state index is 12.6. The highest BCUT2D eigenvalue weighted by atomic mass is 16.5. The summed E-state index contributed by atoms with van der Waals surface area (Å²) in [5.74, 6) is -0.0477. The monoisotopic (exact) mass is 415 g/mol. The van der Waals surface area contributed by atoms with E-state index in [0.29, 0.717) is 13.2 Å². The number of para-hydroxylation sites is 2. The fraction of sp³-hybridized carbons (Fsp3) is 0.269. The maximum Gasteiger partial charge on any atom is 0.238 e. The van der Waals surface area contributed by atoms with Crippen LogP contribution in [0.25, 0.3) is 11.1 Å². The second kappa shape index (κ2) is 10.2. The molecule has 1 amide bonds. The molecule has 0 spiro atoms. The van der Waals surface area contributed by atoms with Crippen LogP contribution >= 0.6 is 0 Å². The molecule has 0 bridgehead atoms. The van der Waals surface area contributed by atoms with Gasteiger partial charge in [-0.2, -0.15) is 0 Å². The molecule has 1 heterocycles. The van der Waals surface area contributed by atoms with Crippen molar-refractivity contribution in [2.24, 2.45) is 0 Å². The van der Waals surface area contributed by atoms with Crippen LogP contribution in [0.1, 0.15) is 18.5 Å². The van der Waals surface area contributed by atoms with Gasteiger partial charge in [0.25, 0.3) is 0 Å². The molecule has 5 nitrogen and oxygen atoms in total. The smallest absolute Gasteiger partial charge is 0.238 e. The first-order chi connectivity index (χ1) is 15.2. The minimum atomic E-state index is -0.0477. The summed E-state index contributed by atoms with van der Waals surface area (Å²) < 4.78 is 5.44. The maximum atomic E-state index is 12.6. The topological polar surface area (TPSA) is 53.6 Å². The second-order valence-electron chi connectivity index (χ2n) is 7.76. The van der Waals surface area contributed by atoms with Crippen molar-refractivity contribution >= 4 is 17.3 Å². The van der Waals surface area contributed by atoms with E-state index >= 15 is 0 Å². The molecule has 5 heteroatoms. The lowest BCUT2D eigenvalue weighted by Crippen LogP contribution is -2.37. The zero-order valence-electron chi connectivity index (χ0n) is 17.9. The van der Waals surface area contributed by atoms with Gasteiger partial charge in [0, 0.05) is 19.1 Å². The first-order valence-electron chi connectivity index (χ1n) is 10.8. The third kappa shape index (κ3) is 5.51. The molecule has 3 aromatic carbocycles. The van der Waals surface area contributed by atoms with Crippen LogP contribution < -0.4 is 15.5 Å². The van der Waals surface area contributed by atoms with Crippen LogP contribution in [0.3, 0.4) is 0 Å². The first kappa shape index (κ1) is 21.1. The van der Waals surface area contributed by atoms with Crippen molar-refractivity contribution in [1.29, 1.82) is 0 Å². The summed E-state index contributed by atoms with van der Waals surface area (Å²) in [6.45, 7) is 5.42. The van der Waals surface area contributed by atoms with E-state index in [-0.39, 0.29) is 18.5 Å². The minimum absolute atomic E-state index is 0.0477. The van der Waals surface area contributed by atoms with E-state index in [9.17, 15) is 4.79 Å². The molecule has 0 aromatic heterocycles. The van der Waals surface area contributed by atoms with Crippen LogP contribution in [0.2, 0.25) is 0 Å². The molecule has 0 unspecified atom stereocenters. The largest absolute Gasteiger partial charge is 0.378 e. The SMILES string of the molecule is C[C@H](NCC(=O)Nc1ccccc1N1CCOCC1)c1ccc(-c2ccccc2)cc1. The van der Waals surface area contributed by atoms with Gasteiger partial charge in [0.1, 0.15) is 0 Å². The van der Waals surface area contributed by atoms with Crippen LogP contribution in [-0.2, 0) is 9.53 Å². The Bertz CT molecular complexity index is 983. The number of amides is 1. The van der Waals surface area contributed by atoms with Crippen molar-refractivity contribution in [1.82, 2.24) is 5.32 Å². The predicted octanol–water partition coefficient (Wildman–Crippen LogP) is 4.48. The van der Waals surface area contributed by atoms with Crippen molar-refractivity contribution in [3.63, 3.8) is 0 Å². The minimum Gasteiger partial charge on any atom is -0.378 e. The third-order valence-corrected chi connectivity index (χ3v) is 5.62. The number of hydrogen-bond acceptors (Lipinski definition) is 4. The summed E-state index contributed by atoms with van der Waals surface area (Å²) >= 11 is 0. The number of nitrogens with one attached hydrogen (secondary N) is 2. The number of anilines is 2. The molecule has 1 saturated heterocycles. The lowest BCUT2D eigenvalue weighted by molar-refractivity contribution is -0.115. The Kier molecular flexibility index (Phi) is 6.97. The van der Waals surface area contributed by atoms with Crippen LogP contribution in [0, 0.1) is 0 Å². The highest BCUT2D eigenvalue weighted by Gasteiger charge is 2.16. The average Bonchev–Trinajstić information content (AvgIpc) is 2.84. The number of rotatable bonds is 7. The summed E-state index contributed by atoms with van der Waals surface area (Å²) in [7, 11) is 0. The van der Waals surface area contributed by atoms with Gasteiger partial charge >= 0.3 is 0 Å². The Morgan fingerprint density at radius 1 is 0.903 bits per heavy atom. The van der Waals surface area contributed by atoms with Gasteiger partial charge in [0.05, 0.1) is 31.1 Å². The summed E-state index contributed by atoms with van der Waals surface area (Å²) in [5.41, 5.74) is 5.43. The average molecular weight is 416 g/mol. The Morgan fingerprint density at radius 2 is 1.55 bits per heavy atom. The van der Waals surface area contributed by atoms with Crippen LogP contribution in [-0.4, -0.2) is 38.8 Å². The molecule has 1 aliphatic rings. The zero-order chi connectivity index (χ0) is 21.5. The number of carbonyl (C=O) groups is 1. The molecular weight excluding hydrogens is 386 g/mol. The Labute approximate surface area is 184 Å². The Balaban J connectivity index is 1.33. The summed E-state index contributed by atoms with van der Waals surface area (Å²) in [4.78, 5) is 14.9. The lowest BCUT2D eigenvalue weighted by atomic mass is 10.0. The summed E-state index contributed by atoms with van der Waals surface area (Å²) in [6.07, 6.45) is 0. The second-order valence-corrected chi connectivity index (χ2v) is 7.76. The van der Waals surface area contributed by atoms with Crippen molar-refractivity contribution in [3.05, 3.63) is 84.4 Å². The molecular formula is C26H29N3O2. The molecule has 1 aliphatic heterocycles. The van der Waals surface area contributed by atoms with Gasteiger partial charge in [-0.05, 0) is 35.7 Å². The van der Waals surface area contributed by atoms with E-state index < -0.39 is 0 Å². The molecule has 0 saturated carbocycles. The molecule has 1 atom stereocenters. The van der Waals surface area contributed by atoms with Crippen LogP contribution in [0.4, 0.5) is 11.4 Å². The molecule has 160 valence electrons. The Hall–Kier alpha value is -3.15. The zero-order valence-corrected chi connectivity index (χ0v) is 17.9. The van der Waals surface area contributed by atoms with Crippen molar-refractivity contribution < 1.29 is 9.53 Å². The van der Waals surface area contributed by atoms with E-state index in [1.54, 1.807) is 0 Å². The number of nitrogens with zero attached hydrogens (tertiary/aromatic N) is 1. The van der Waals surface area contributed by atoms with Gasteiger partial charge < -0.3 is 20.3 Å². The normalized spacial score (nSPS) is 14.8. The van der Waals surface area contributed by atoms with E-state index in [1.165, 1.54) is 11.1 Å². The standard InChI is InChI=1S/C26H29N3O2/c1-20(21-11-13-23(14-12-21)22-7-3-2-4-8-22)27-19-26(30)28-24-9-5-6-10-25(24)29-15-17-31-18-16-29/h2-14,20,27H,15-19H2,1H3,(H,28,30)/t20-/m0/s1. The Morgan fingerprint density at radius 3 is 2.29 bits per heavy atom. The van der Waals surface area contributed by atoms with Crippen molar-refractivity contribution in [3.8, 4) is 11.1 Å². The molecule has 0 radical (unpaired) electrons. The summed E-state index contributed by atoms with van der Waals surface area (Å²) in [5, 5.41) is 6.39. The van der Waals surface area contributed by atoms with Gasteiger partial charge in [-0.1, -0.05) is 66.7 Å². The molecule has 1 fully saturated rings. The van der Waals surface area contributed by atoms with Crippen LogP contribution in [0.15, 0.2) is 78.9 Å². The van der Waals surface area contributed by atoms with Gasteiger partial charge in [-0.15, -0.1) is 0 Å². The summed E-state index contributed by atoms with van der Waals surface area (Å²) in [6, 6.07) is 26.8. The molecule has 31 heavy (non-hydrogen) atoms. The van der Waals surface area contributed by atoms with E-state index in [4.69, 9.17) is 4.74 Å². The van der Waals surface area contributed by atoms with Crippen LogP contribution in [0.5, 0.6) is 0 Å². The molecule has 0 aliphatic carbocycles. The number of morpholine rings is 1. The fourth-order valence-electron chi connectivity index (χ4n) is 3.81. The predicted molar refractivity (Wildman–Crippen MR) is 126 cm³/mol. The van der Waals surface area contributed by atoms with Gasteiger partial charge in [0.15, 0.2) is 0 Å². The van der Waals surface area contributed by atoms with Gasteiger partial charge in [-0.3, -0.25) is 4.79 Å². The highest BCUT2D eigenvalue weighted by molar-refractivity contribution is 5.95. The van der Waals surface area contributed by atoms with Gasteiger partial charge in [-0.25, -0.2) is 0 Å². The third-order valence-electron chi connectivity index (χ3n) is 5.62. The fourth-order valence-corrected chi connectivity index (χ4v) is 3.81. The van der Waals surface area contributed by atoms with Crippen molar-refractivity contribution in [2.45, 2.75) is 13.0 Å². The number of carbonyl (C=O) groups excluding carboxylic acids is 1. The quantitative estimate of drug-likeness (QED) is 0.597. The first-order valence-corrected chi connectivity index (χ1v) is 10.8. The van der Waals surface area contributed by atoms with E-state index in [0.717, 1.165) is 30.0 Å². The van der Waals surface area contributed by atoms with Crippen molar-refractivity contribution in [2.75, 3.05) is 43.1 Å². The van der Waals surface area contributed by atoms with Gasteiger partial charge in [0.2, 0.25) is 5.91 Å². The highest BCUT2D eigenvalue weighted by Crippen LogP contribution is 2.26. The molecule has 3 aromatic rings.